The van der Waals surface area contributed by atoms with Crippen LogP contribution in [-0.4, -0.2) is 69.1 Å². The SMILES string of the molecule is O=C1N[C@@]2(O[C@H]([C@H](O)CO)[C@H](O)[C@@H]2O)C(=O)N1c1ccccc1. The first-order valence-corrected chi connectivity index (χ1v) is 6.97. The molecule has 5 atom stereocenters. The number of amides is 3. The maximum atomic E-state index is 12.7. The van der Waals surface area contributed by atoms with E-state index in [2.05, 4.69) is 5.32 Å². The van der Waals surface area contributed by atoms with Crippen molar-refractivity contribution in [3.8, 4) is 0 Å². The lowest BCUT2D eigenvalue weighted by Crippen LogP contribution is -2.56. The summed E-state index contributed by atoms with van der Waals surface area (Å²) in [6.45, 7) is -0.741. The number of carbonyl (C=O) groups excluding carboxylic acids is 2. The van der Waals surface area contributed by atoms with Crippen molar-refractivity contribution in [2.24, 2.45) is 0 Å². The average Bonchev–Trinajstić information content (AvgIpc) is 2.96. The molecule has 23 heavy (non-hydrogen) atoms. The zero-order valence-electron chi connectivity index (χ0n) is 11.9. The molecule has 3 rings (SSSR count). The molecule has 0 bridgehead atoms. The van der Waals surface area contributed by atoms with Crippen LogP contribution in [0, 0.1) is 0 Å². The maximum Gasteiger partial charge on any atom is 0.331 e. The molecule has 5 N–H and O–H groups in total. The number of aliphatic hydroxyl groups is 4. The van der Waals surface area contributed by atoms with E-state index in [4.69, 9.17) is 9.84 Å². The predicted octanol–water partition coefficient (Wildman–Crippen LogP) is -2.09. The number of nitrogens with one attached hydrogen (secondary N) is 1. The van der Waals surface area contributed by atoms with Crippen molar-refractivity contribution in [1.29, 1.82) is 0 Å². The number of carbonyl (C=O) groups is 2. The smallest absolute Gasteiger partial charge is 0.331 e. The second-order valence-electron chi connectivity index (χ2n) is 5.41. The summed E-state index contributed by atoms with van der Waals surface area (Å²) in [5.41, 5.74) is -1.93. The third-order valence-electron chi connectivity index (χ3n) is 4.00. The number of hydrogen-bond donors (Lipinski definition) is 5. The number of ether oxygens (including phenoxy) is 1. The Morgan fingerprint density at radius 3 is 2.52 bits per heavy atom. The van der Waals surface area contributed by atoms with Gasteiger partial charge in [0.15, 0.2) is 0 Å². The van der Waals surface area contributed by atoms with Gasteiger partial charge in [0, 0.05) is 0 Å². The second kappa shape index (κ2) is 5.55. The van der Waals surface area contributed by atoms with Gasteiger partial charge >= 0.3 is 6.03 Å². The van der Waals surface area contributed by atoms with Crippen LogP contribution in [0.1, 0.15) is 0 Å². The van der Waals surface area contributed by atoms with Gasteiger partial charge in [0.1, 0.15) is 24.4 Å². The molecule has 2 heterocycles. The van der Waals surface area contributed by atoms with Crippen molar-refractivity contribution in [2.75, 3.05) is 11.5 Å². The number of aliphatic hydroxyl groups excluding tert-OH is 4. The highest BCUT2D eigenvalue weighted by Gasteiger charge is 2.66. The summed E-state index contributed by atoms with van der Waals surface area (Å²) in [5, 5.41) is 41.0. The standard InChI is InChI=1S/C14H16N2O7/c17-6-8(18)10-9(19)11(20)14(23-10)12(21)16(13(22)15-14)7-4-2-1-3-5-7/h1-5,8-11,17-20H,6H2,(H,15,22)/t8-,9+,10-,11+,14+/m1/s1. The number of para-hydroxylation sites is 1. The first kappa shape index (κ1) is 15.8. The Morgan fingerprint density at radius 1 is 1.26 bits per heavy atom. The van der Waals surface area contributed by atoms with Crippen LogP contribution < -0.4 is 10.2 Å². The fourth-order valence-corrected chi connectivity index (χ4v) is 2.80. The summed E-state index contributed by atoms with van der Waals surface area (Å²) >= 11 is 0. The van der Waals surface area contributed by atoms with Gasteiger partial charge in [-0.1, -0.05) is 18.2 Å². The predicted molar refractivity (Wildman–Crippen MR) is 75.2 cm³/mol. The number of urea groups is 1. The lowest BCUT2D eigenvalue weighted by Gasteiger charge is -2.24. The molecule has 2 aliphatic rings. The van der Waals surface area contributed by atoms with Gasteiger partial charge in [-0.15, -0.1) is 0 Å². The molecular weight excluding hydrogens is 308 g/mol. The minimum absolute atomic E-state index is 0.267. The van der Waals surface area contributed by atoms with Crippen molar-refractivity contribution in [1.82, 2.24) is 5.32 Å². The molecule has 0 aliphatic carbocycles. The lowest BCUT2D eigenvalue weighted by molar-refractivity contribution is -0.157. The van der Waals surface area contributed by atoms with Crippen molar-refractivity contribution in [2.45, 2.75) is 30.1 Å². The minimum atomic E-state index is -2.20. The molecule has 1 aromatic carbocycles. The van der Waals surface area contributed by atoms with Gasteiger partial charge in [-0.25, -0.2) is 9.69 Å². The molecule has 2 fully saturated rings. The Bertz CT molecular complexity index is 625. The first-order valence-electron chi connectivity index (χ1n) is 6.97. The van der Waals surface area contributed by atoms with Crippen LogP contribution in [0.25, 0.3) is 0 Å². The van der Waals surface area contributed by atoms with E-state index in [1.807, 2.05) is 0 Å². The monoisotopic (exact) mass is 324 g/mol. The highest BCUT2D eigenvalue weighted by molar-refractivity contribution is 6.23. The number of imide groups is 1. The maximum absolute atomic E-state index is 12.7. The van der Waals surface area contributed by atoms with Crippen molar-refractivity contribution < 1.29 is 34.8 Å². The molecule has 9 heteroatoms. The van der Waals surface area contributed by atoms with E-state index in [9.17, 15) is 24.9 Å². The van der Waals surface area contributed by atoms with Crippen LogP contribution in [0.4, 0.5) is 10.5 Å². The minimum Gasteiger partial charge on any atom is -0.394 e. The van der Waals surface area contributed by atoms with Gasteiger partial charge in [-0.05, 0) is 12.1 Å². The highest BCUT2D eigenvalue weighted by atomic mass is 16.6. The fourth-order valence-electron chi connectivity index (χ4n) is 2.80. The summed E-state index contributed by atoms with van der Waals surface area (Å²) in [5.74, 6) is -0.909. The van der Waals surface area contributed by atoms with Crippen molar-refractivity contribution in [3.05, 3.63) is 30.3 Å². The number of rotatable bonds is 3. The van der Waals surface area contributed by atoms with Gasteiger partial charge < -0.3 is 25.2 Å². The topological polar surface area (TPSA) is 140 Å². The number of nitrogens with zero attached hydrogens (tertiary/aromatic N) is 1. The Balaban J connectivity index is 1.95. The molecule has 0 radical (unpaired) electrons. The molecule has 1 aromatic rings. The van der Waals surface area contributed by atoms with Crippen LogP contribution in [0.5, 0.6) is 0 Å². The van der Waals surface area contributed by atoms with Gasteiger partial charge in [-0.3, -0.25) is 10.1 Å². The van der Waals surface area contributed by atoms with Gasteiger partial charge in [0.25, 0.3) is 11.6 Å². The van der Waals surface area contributed by atoms with Crippen LogP contribution in [0.3, 0.4) is 0 Å². The molecular formula is C14H16N2O7. The molecule has 3 amide bonds. The number of anilines is 1. The Kier molecular flexibility index (Phi) is 3.82. The second-order valence-corrected chi connectivity index (χ2v) is 5.41. The average molecular weight is 324 g/mol. The summed E-state index contributed by atoms with van der Waals surface area (Å²) in [6, 6.07) is 7.17. The summed E-state index contributed by atoms with van der Waals surface area (Å²) < 4.78 is 5.29. The molecule has 2 saturated heterocycles. The number of hydrogen-bond acceptors (Lipinski definition) is 7. The van der Waals surface area contributed by atoms with Crippen LogP contribution in [-0.2, 0) is 9.53 Å². The first-order chi connectivity index (χ1) is 10.9. The Labute approximate surface area is 130 Å². The van der Waals surface area contributed by atoms with Crippen LogP contribution >= 0.6 is 0 Å². The normalized spacial score (nSPS) is 35.0. The summed E-state index contributed by atoms with van der Waals surface area (Å²) in [4.78, 5) is 25.6. The summed E-state index contributed by atoms with van der Waals surface area (Å²) in [7, 11) is 0. The van der Waals surface area contributed by atoms with Crippen LogP contribution in [0.15, 0.2) is 30.3 Å². The molecule has 9 nitrogen and oxygen atoms in total. The van der Waals surface area contributed by atoms with Gasteiger partial charge in [0.2, 0.25) is 0 Å². The van der Waals surface area contributed by atoms with E-state index in [-0.39, 0.29) is 5.69 Å². The molecule has 0 aromatic heterocycles. The molecule has 0 saturated carbocycles. The van der Waals surface area contributed by atoms with Gasteiger partial charge in [-0.2, -0.15) is 0 Å². The van der Waals surface area contributed by atoms with Gasteiger partial charge in [0.05, 0.1) is 12.3 Å². The Morgan fingerprint density at radius 2 is 1.91 bits per heavy atom. The van der Waals surface area contributed by atoms with E-state index < -0.39 is 48.7 Å². The largest absolute Gasteiger partial charge is 0.394 e. The zero-order valence-corrected chi connectivity index (χ0v) is 11.9. The molecule has 2 aliphatic heterocycles. The quantitative estimate of drug-likeness (QED) is 0.402. The van der Waals surface area contributed by atoms with E-state index in [1.165, 1.54) is 12.1 Å². The Hall–Kier alpha value is -2.04. The van der Waals surface area contributed by atoms with E-state index in [1.54, 1.807) is 18.2 Å². The molecule has 124 valence electrons. The summed E-state index contributed by atoms with van der Waals surface area (Å²) in [6.07, 6.45) is -6.39. The number of benzene rings is 1. The third-order valence-corrected chi connectivity index (χ3v) is 4.00. The fraction of sp³-hybridized carbons (Fsp3) is 0.429. The van der Waals surface area contributed by atoms with Crippen molar-refractivity contribution in [3.63, 3.8) is 0 Å². The van der Waals surface area contributed by atoms with E-state index >= 15 is 0 Å². The third kappa shape index (κ3) is 2.21. The van der Waals surface area contributed by atoms with E-state index in [0.717, 1.165) is 4.90 Å². The van der Waals surface area contributed by atoms with E-state index in [0.29, 0.717) is 0 Å². The molecule has 1 spiro atoms. The molecule has 0 unspecified atom stereocenters. The highest BCUT2D eigenvalue weighted by Crippen LogP contribution is 2.37. The zero-order chi connectivity index (χ0) is 16.8. The van der Waals surface area contributed by atoms with Crippen LogP contribution in [0.2, 0.25) is 0 Å². The lowest BCUT2D eigenvalue weighted by atomic mass is 10.0. The van der Waals surface area contributed by atoms with Crippen molar-refractivity contribution >= 4 is 17.6 Å².